The number of aromatic nitrogens is 2. The molecule has 0 atom stereocenters. The van der Waals surface area contributed by atoms with Gasteiger partial charge in [0.05, 0.1) is 5.52 Å². The van der Waals surface area contributed by atoms with E-state index in [0.29, 0.717) is 17.3 Å². The molecule has 0 saturated heterocycles. The minimum Gasteiger partial charge on any atom is -0.340 e. The number of halogens is 2. The van der Waals surface area contributed by atoms with Crippen LogP contribution in [0.25, 0.3) is 23.1 Å². The lowest BCUT2D eigenvalue weighted by molar-refractivity contribution is 0.509. The molecule has 0 aliphatic heterocycles. The highest BCUT2D eigenvalue weighted by atomic mass is 19.2. The molecule has 0 unspecified atom stereocenters. The van der Waals surface area contributed by atoms with Gasteiger partial charge in [-0.3, -0.25) is 0 Å². The number of fused-ring (bicyclic) bond motifs is 1. The normalized spacial score (nSPS) is 11.2. The van der Waals surface area contributed by atoms with Crippen LogP contribution >= 0.6 is 0 Å². The Morgan fingerprint density at radius 1 is 0.741 bits per heavy atom. The van der Waals surface area contributed by atoms with Crippen molar-refractivity contribution in [2.75, 3.05) is 5.32 Å². The van der Waals surface area contributed by atoms with Gasteiger partial charge in [-0.05, 0) is 35.9 Å². The van der Waals surface area contributed by atoms with E-state index < -0.39 is 11.6 Å². The highest BCUT2D eigenvalue weighted by Crippen LogP contribution is 2.25. The van der Waals surface area contributed by atoms with E-state index in [9.17, 15) is 8.78 Å². The molecule has 0 radical (unpaired) electrons. The predicted octanol–water partition coefficient (Wildman–Crippen LogP) is 5.82. The van der Waals surface area contributed by atoms with Gasteiger partial charge in [-0.15, -0.1) is 0 Å². The average molecular weight is 359 g/mol. The van der Waals surface area contributed by atoms with E-state index in [1.54, 1.807) is 0 Å². The lowest BCUT2D eigenvalue weighted by atomic mass is 10.2. The quantitative estimate of drug-likeness (QED) is 0.499. The predicted molar refractivity (Wildman–Crippen MR) is 105 cm³/mol. The Hall–Kier alpha value is -3.60. The van der Waals surface area contributed by atoms with Gasteiger partial charge in [-0.2, -0.15) is 0 Å². The lowest BCUT2D eigenvalue weighted by Crippen LogP contribution is -2.00. The molecule has 0 bridgehead atoms. The zero-order chi connectivity index (χ0) is 18.6. The average Bonchev–Trinajstić information content (AvgIpc) is 2.70. The first-order valence-corrected chi connectivity index (χ1v) is 8.41. The Kier molecular flexibility index (Phi) is 4.58. The number of hydrogen-bond acceptors (Lipinski definition) is 3. The van der Waals surface area contributed by atoms with Crippen LogP contribution in [0.4, 0.5) is 20.3 Å². The molecule has 5 heteroatoms. The van der Waals surface area contributed by atoms with Gasteiger partial charge in [0.2, 0.25) is 0 Å². The van der Waals surface area contributed by atoms with Crippen LogP contribution in [0.3, 0.4) is 0 Å². The smallest absolute Gasteiger partial charge is 0.160 e. The summed E-state index contributed by atoms with van der Waals surface area (Å²) in [5.41, 5.74) is 2.20. The van der Waals surface area contributed by atoms with Crippen molar-refractivity contribution >= 4 is 34.6 Å². The fraction of sp³-hybridized carbons (Fsp3) is 0. The first kappa shape index (κ1) is 16.8. The highest BCUT2D eigenvalue weighted by Gasteiger charge is 2.08. The Balaban J connectivity index is 1.74. The summed E-state index contributed by atoms with van der Waals surface area (Å²) in [7, 11) is 0. The van der Waals surface area contributed by atoms with E-state index >= 15 is 0 Å². The molecule has 1 N–H and O–H groups in total. The van der Waals surface area contributed by atoms with Gasteiger partial charge in [-0.25, -0.2) is 18.7 Å². The van der Waals surface area contributed by atoms with E-state index in [4.69, 9.17) is 0 Å². The minimum atomic E-state index is -0.914. The topological polar surface area (TPSA) is 37.8 Å². The molecule has 4 rings (SSSR count). The maximum atomic E-state index is 13.5. The Bertz CT molecular complexity index is 1120. The van der Waals surface area contributed by atoms with Crippen molar-refractivity contribution in [2.24, 2.45) is 0 Å². The molecule has 27 heavy (non-hydrogen) atoms. The summed E-state index contributed by atoms with van der Waals surface area (Å²) in [6, 6.07) is 21.0. The fourth-order valence-corrected chi connectivity index (χ4v) is 2.71. The third-order valence-electron chi connectivity index (χ3n) is 4.03. The summed E-state index contributed by atoms with van der Waals surface area (Å²) in [5, 5.41) is 3.85. The van der Waals surface area contributed by atoms with E-state index in [1.165, 1.54) is 6.07 Å². The third-order valence-corrected chi connectivity index (χ3v) is 4.03. The van der Waals surface area contributed by atoms with Crippen LogP contribution in [-0.4, -0.2) is 9.97 Å². The third kappa shape index (κ3) is 3.82. The summed E-state index contributed by atoms with van der Waals surface area (Å²) in [6.07, 6.45) is 3.74. The molecule has 0 fully saturated rings. The number of hydrogen-bond donors (Lipinski definition) is 1. The number of rotatable bonds is 4. The van der Waals surface area contributed by atoms with Crippen molar-refractivity contribution in [2.45, 2.75) is 0 Å². The first-order chi connectivity index (χ1) is 13.2. The monoisotopic (exact) mass is 359 g/mol. The Morgan fingerprint density at radius 3 is 2.33 bits per heavy atom. The van der Waals surface area contributed by atoms with E-state index in [-0.39, 0.29) is 0 Å². The Morgan fingerprint density at radius 2 is 1.52 bits per heavy atom. The molecule has 0 aliphatic carbocycles. The van der Waals surface area contributed by atoms with Gasteiger partial charge in [0.1, 0.15) is 5.82 Å². The standard InChI is InChI=1S/C22H15F2N3/c23-18-12-11-16(14-19(18)24)25-22-17-8-4-5-9-20(17)26-21(27-22)13-10-15-6-2-1-3-7-15/h1-14H,(H,25,26,27). The molecular formula is C22H15F2N3. The van der Waals surface area contributed by atoms with Crippen LogP contribution in [0.5, 0.6) is 0 Å². The molecule has 3 aromatic carbocycles. The zero-order valence-corrected chi connectivity index (χ0v) is 14.2. The van der Waals surface area contributed by atoms with Crippen molar-refractivity contribution in [1.82, 2.24) is 9.97 Å². The molecule has 3 nitrogen and oxygen atoms in total. The number of benzene rings is 3. The van der Waals surface area contributed by atoms with Crippen LogP contribution in [0, 0.1) is 11.6 Å². The number of para-hydroxylation sites is 1. The molecule has 1 heterocycles. The SMILES string of the molecule is Fc1ccc(Nc2nc(C=Cc3ccccc3)nc3ccccc23)cc1F. The second-order valence-corrected chi connectivity index (χ2v) is 5.95. The van der Waals surface area contributed by atoms with Crippen LogP contribution < -0.4 is 5.32 Å². The van der Waals surface area contributed by atoms with Crippen molar-refractivity contribution in [3.05, 3.63) is 95.8 Å². The summed E-state index contributed by atoms with van der Waals surface area (Å²) in [5.74, 6) is -0.760. The molecule has 0 saturated carbocycles. The molecular weight excluding hydrogens is 344 g/mol. The minimum absolute atomic E-state index is 0.413. The summed E-state index contributed by atoms with van der Waals surface area (Å²) >= 11 is 0. The first-order valence-electron chi connectivity index (χ1n) is 8.41. The van der Waals surface area contributed by atoms with Gasteiger partial charge >= 0.3 is 0 Å². The fourth-order valence-electron chi connectivity index (χ4n) is 2.71. The highest BCUT2D eigenvalue weighted by molar-refractivity contribution is 5.91. The molecule has 1 aromatic heterocycles. The van der Waals surface area contributed by atoms with Crippen LogP contribution in [0.1, 0.15) is 11.4 Å². The molecule has 0 amide bonds. The van der Waals surface area contributed by atoms with Crippen LogP contribution in [0.15, 0.2) is 72.8 Å². The number of nitrogens with zero attached hydrogens (tertiary/aromatic N) is 2. The number of nitrogens with one attached hydrogen (secondary N) is 1. The largest absolute Gasteiger partial charge is 0.340 e. The summed E-state index contributed by atoms with van der Waals surface area (Å²) < 4.78 is 26.7. The summed E-state index contributed by atoms with van der Waals surface area (Å²) in [4.78, 5) is 9.09. The number of anilines is 2. The lowest BCUT2D eigenvalue weighted by Gasteiger charge is -2.10. The second-order valence-electron chi connectivity index (χ2n) is 5.95. The maximum Gasteiger partial charge on any atom is 0.160 e. The van der Waals surface area contributed by atoms with Crippen molar-refractivity contribution in [3.8, 4) is 0 Å². The van der Waals surface area contributed by atoms with Crippen molar-refractivity contribution < 1.29 is 8.78 Å². The van der Waals surface area contributed by atoms with Gasteiger partial charge in [0.15, 0.2) is 17.5 Å². The zero-order valence-electron chi connectivity index (χ0n) is 14.2. The molecule has 4 aromatic rings. The van der Waals surface area contributed by atoms with Gasteiger partial charge in [0.25, 0.3) is 0 Å². The van der Waals surface area contributed by atoms with E-state index in [1.807, 2.05) is 66.7 Å². The van der Waals surface area contributed by atoms with Gasteiger partial charge in [-0.1, -0.05) is 48.5 Å². The van der Waals surface area contributed by atoms with Crippen molar-refractivity contribution in [1.29, 1.82) is 0 Å². The van der Waals surface area contributed by atoms with Crippen LogP contribution in [0.2, 0.25) is 0 Å². The van der Waals surface area contributed by atoms with Gasteiger partial charge < -0.3 is 5.32 Å². The van der Waals surface area contributed by atoms with Crippen LogP contribution in [-0.2, 0) is 0 Å². The summed E-state index contributed by atoms with van der Waals surface area (Å²) in [6.45, 7) is 0. The molecule has 132 valence electrons. The molecule has 0 aliphatic rings. The second kappa shape index (κ2) is 7.33. The Labute approximate surface area is 155 Å². The van der Waals surface area contributed by atoms with E-state index in [2.05, 4.69) is 15.3 Å². The maximum absolute atomic E-state index is 13.5. The van der Waals surface area contributed by atoms with Crippen molar-refractivity contribution in [3.63, 3.8) is 0 Å². The van der Waals surface area contributed by atoms with Gasteiger partial charge in [0, 0.05) is 17.1 Å². The van der Waals surface area contributed by atoms with E-state index in [0.717, 1.165) is 28.6 Å². The molecule has 0 spiro atoms.